The van der Waals surface area contributed by atoms with Crippen molar-refractivity contribution in [3.05, 3.63) is 65.4 Å². The zero-order chi connectivity index (χ0) is 12.4. The molecule has 1 N–H and O–H groups in total. The highest BCUT2D eigenvalue weighted by atomic mass is 14.8. The molecule has 1 aliphatic rings. The van der Waals surface area contributed by atoms with Crippen LogP contribution in [-0.4, -0.2) is 6.54 Å². The van der Waals surface area contributed by atoms with Crippen LogP contribution in [0.25, 0.3) is 17.2 Å². The quantitative estimate of drug-likeness (QED) is 0.727. The molecular weight excluding hydrogens is 218 g/mol. The van der Waals surface area contributed by atoms with E-state index in [0.717, 1.165) is 13.0 Å². The summed E-state index contributed by atoms with van der Waals surface area (Å²) in [6, 6.07) is 15.3. The Kier molecular flexibility index (Phi) is 2.89. The van der Waals surface area contributed by atoms with E-state index in [1.54, 1.807) is 0 Å². The third-order valence-corrected chi connectivity index (χ3v) is 3.47. The number of rotatable bonds is 3. The van der Waals surface area contributed by atoms with Crippen LogP contribution in [0.15, 0.2) is 48.7 Å². The first-order chi connectivity index (χ1) is 8.90. The fourth-order valence-electron chi connectivity index (χ4n) is 2.60. The number of hydrogen-bond acceptors (Lipinski definition) is 1. The molecule has 2 aromatic carbocycles. The molecule has 2 aromatic rings. The summed E-state index contributed by atoms with van der Waals surface area (Å²) in [6.07, 6.45) is 5.27. The van der Waals surface area contributed by atoms with Crippen LogP contribution < -0.4 is 5.32 Å². The minimum Gasteiger partial charge on any atom is -0.391 e. The largest absolute Gasteiger partial charge is 0.391 e. The average Bonchev–Trinajstić information content (AvgIpc) is 2.79. The van der Waals surface area contributed by atoms with Gasteiger partial charge in [0.15, 0.2) is 0 Å². The second-order valence-electron chi connectivity index (χ2n) is 4.60. The van der Waals surface area contributed by atoms with E-state index in [1.165, 1.54) is 27.8 Å². The number of benzene rings is 2. The van der Waals surface area contributed by atoms with Crippen LogP contribution in [0.2, 0.25) is 0 Å². The lowest BCUT2D eigenvalue weighted by molar-refractivity contribution is 0.924. The van der Waals surface area contributed by atoms with Gasteiger partial charge < -0.3 is 5.32 Å². The number of fused-ring (bicyclic) bond motifs is 3. The Hall–Kier alpha value is -2.02. The first kappa shape index (κ1) is 11.1. The van der Waals surface area contributed by atoms with E-state index in [2.05, 4.69) is 60.8 Å². The molecule has 0 aliphatic heterocycles. The highest BCUT2D eigenvalue weighted by Gasteiger charge is 2.18. The van der Waals surface area contributed by atoms with Gasteiger partial charge in [-0.1, -0.05) is 42.5 Å². The van der Waals surface area contributed by atoms with Gasteiger partial charge >= 0.3 is 0 Å². The fourth-order valence-corrected chi connectivity index (χ4v) is 2.60. The molecule has 1 aliphatic carbocycles. The Labute approximate surface area is 108 Å². The van der Waals surface area contributed by atoms with Crippen molar-refractivity contribution in [3.8, 4) is 11.1 Å². The molecule has 0 amide bonds. The van der Waals surface area contributed by atoms with Crippen LogP contribution >= 0.6 is 0 Å². The standard InChI is InChI=1S/C17H17N/c1-2-18-11-10-13-7-5-9-16-15-8-4-3-6-14(15)12-17(13)16/h3-11,18H,2,12H2,1H3. The molecule has 3 rings (SSSR count). The van der Waals surface area contributed by atoms with Gasteiger partial charge in [0.25, 0.3) is 0 Å². The molecule has 0 atom stereocenters. The molecular formula is C17H17N. The Morgan fingerprint density at radius 3 is 2.78 bits per heavy atom. The summed E-state index contributed by atoms with van der Waals surface area (Å²) >= 11 is 0. The first-order valence-corrected chi connectivity index (χ1v) is 6.50. The summed E-state index contributed by atoms with van der Waals surface area (Å²) in [5.74, 6) is 0. The van der Waals surface area contributed by atoms with Gasteiger partial charge in [-0.2, -0.15) is 0 Å². The summed E-state index contributed by atoms with van der Waals surface area (Å²) in [7, 11) is 0. The minimum atomic E-state index is 0.964. The van der Waals surface area contributed by atoms with E-state index < -0.39 is 0 Å². The van der Waals surface area contributed by atoms with Crippen molar-refractivity contribution in [1.29, 1.82) is 0 Å². The van der Waals surface area contributed by atoms with Crippen molar-refractivity contribution < 1.29 is 0 Å². The average molecular weight is 235 g/mol. The summed E-state index contributed by atoms with van der Waals surface area (Å²) < 4.78 is 0. The lowest BCUT2D eigenvalue weighted by Gasteiger charge is -2.04. The molecule has 0 saturated carbocycles. The van der Waals surface area contributed by atoms with Crippen molar-refractivity contribution in [3.63, 3.8) is 0 Å². The zero-order valence-electron chi connectivity index (χ0n) is 10.6. The van der Waals surface area contributed by atoms with Crippen LogP contribution in [0.5, 0.6) is 0 Å². The van der Waals surface area contributed by atoms with Gasteiger partial charge in [0.1, 0.15) is 0 Å². The van der Waals surface area contributed by atoms with Gasteiger partial charge in [-0.15, -0.1) is 0 Å². The lowest BCUT2D eigenvalue weighted by atomic mass is 10.0. The van der Waals surface area contributed by atoms with E-state index in [-0.39, 0.29) is 0 Å². The van der Waals surface area contributed by atoms with Crippen LogP contribution in [0.1, 0.15) is 23.6 Å². The summed E-state index contributed by atoms with van der Waals surface area (Å²) in [6.45, 7) is 3.07. The van der Waals surface area contributed by atoms with E-state index in [4.69, 9.17) is 0 Å². The molecule has 90 valence electrons. The van der Waals surface area contributed by atoms with E-state index in [0.29, 0.717) is 0 Å². The summed E-state index contributed by atoms with van der Waals surface area (Å²) in [5.41, 5.74) is 7.00. The Balaban J connectivity index is 2.03. The molecule has 0 fully saturated rings. The molecule has 0 unspecified atom stereocenters. The predicted octanol–water partition coefficient (Wildman–Crippen LogP) is 3.84. The molecule has 1 heteroatoms. The van der Waals surface area contributed by atoms with Gasteiger partial charge in [-0.05, 0) is 53.4 Å². The molecule has 0 saturated heterocycles. The Bertz CT molecular complexity index is 596. The van der Waals surface area contributed by atoms with Crippen molar-refractivity contribution in [1.82, 2.24) is 5.32 Å². The van der Waals surface area contributed by atoms with Crippen molar-refractivity contribution in [2.45, 2.75) is 13.3 Å². The van der Waals surface area contributed by atoms with E-state index in [9.17, 15) is 0 Å². The molecule has 1 nitrogen and oxygen atoms in total. The zero-order valence-corrected chi connectivity index (χ0v) is 10.6. The third kappa shape index (κ3) is 1.82. The monoisotopic (exact) mass is 235 g/mol. The van der Waals surface area contributed by atoms with E-state index >= 15 is 0 Å². The molecule has 0 bridgehead atoms. The second kappa shape index (κ2) is 4.69. The minimum absolute atomic E-state index is 0.964. The SMILES string of the molecule is CCNC=Cc1cccc2c1Cc1ccccc1-2. The van der Waals surface area contributed by atoms with Crippen LogP contribution in [0.3, 0.4) is 0 Å². The van der Waals surface area contributed by atoms with Crippen LogP contribution in [0, 0.1) is 0 Å². The van der Waals surface area contributed by atoms with Crippen LogP contribution in [0.4, 0.5) is 0 Å². The smallest absolute Gasteiger partial charge is 0.0113 e. The first-order valence-electron chi connectivity index (χ1n) is 6.50. The summed E-state index contributed by atoms with van der Waals surface area (Å²) in [5, 5.41) is 3.23. The fraction of sp³-hybridized carbons (Fsp3) is 0.176. The third-order valence-electron chi connectivity index (χ3n) is 3.47. The van der Waals surface area contributed by atoms with Gasteiger partial charge in [-0.3, -0.25) is 0 Å². The normalized spacial score (nSPS) is 12.5. The highest BCUT2D eigenvalue weighted by Crippen LogP contribution is 2.38. The Morgan fingerprint density at radius 2 is 1.89 bits per heavy atom. The second-order valence-corrected chi connectivity index (χ2v) is 4.60. The van der Waals surface area contributed by atoms with Crippen LogP contribution in [-0.2, 0) is 6.42 Å². The number of hydrogen-bond donors (Lipinski definition) is 1. The topological polar surface area (TPSA) is 12.0 Å². The number of nitrogens with one attached hydrogen (secondary N) is 1. The molecule has 0 aromatic heterocycles. The van der Waals surface area contributed by atoms with Crippen molar-refractivity contribution in [2.75, 3.05) is 6.54 Å². The van der Waals surface area contributed by atoms with Gasteiger partial charge in [0, 0.05) is 6.54 Å². The van der Waals surface area contributed by atoms with Crippen molar-refractivity contribution in [2.24, 2.45) is 0 Å². The predicted molar refractivity (Wildman–Crippen MR) is 77.4 cm³/mol. The van der Waals surface area contributed by atoms with Gasteiger partial charge in [0.2, 0.25) is 0 Å². The van der Waals surface area contributed by atoms with Gasteiger partial charge in [0.05, 0.1) is 0 Å². The van der Waals surface area contributed by atoms with Crippen molar-refractivity contribution >= 4 is 6.08 Å². The Morgan fingerprint density at radius 1 is 1.06 bits per heavy atom. The maximum absolute atomic E-state index is 3.23. The molecule has 0 radical (unpaired) electrons. The summed E-state index contributed by atoms with van der Waals surface area (Å²) in [4.78, 5) is 0. The maximum atomic E-state index is 3.23. The lowest BCUT2D eigenvalue weighted by Crippen LogP contribution is -2.01. The molecule has 18 heavy (non-hydrogen) atoms. The highest BCUT2D eigenvalue weighted by molar-refractivity contribution is 5.80. The maximum Gasteiger partial charge on any atom is 0.0113 e. The molecule has 0 spiro atoms. The van der Waals surface area contributed by atoms with E-state index in [1.807, 2.05) is 6.20 Å². The van der Waals surface area contributed by atoms with Gasteiger partial charge in [-0.25, -0.2) is 0 Å². The molecule has 0 heterocycles.